The average Bonchev–Trinajstić information content (AvgIpc) is 2.20. The van der Waals surface area contributed by atoms with Gasteiger partial charge in [-0.15, -0.1) is 0 Å². The molecule has 2 nitrogen and oxygen atoms in total. The third-order valence-corrected chi connectivity index (χ3v) is 3.87. The van der Waals surface area contributed by atoms with Gasteiger partial charge in [-0.05, 0) is 24.3 Å². The zero-order valence-electron chi connectivity index (χ0n) is 8.37. The highest BCUT2D eigenvalue weighted by molar-refractivity contribution is 7.82. The Bertz CT molecular complexity index is 308. The molecule has 0 radical (unpaired) electrons. The van der Waals surface area contributed by atoms with Crippen molar-refractivity contribution in [1.29, 1.82) is 0 Å². The van der Waals surface area contributed by atoms with Crippen LogP contribution >= 0.6 is 11.6 Å². The first-order valence-corrected chi connectivity index (χ1v) is 6.10. The Morgan fingerprint density at radius 2 is 1.71 bits per heavy atom. The van der Waals surface area contributed by atoms with E-state index in [1.54, 1.807) is 24.3 Å². The van der Waals surface area contributed by atoms with Crippen molar-refractivity contribution in [2.24, 2.45) is 0 Å². The number of rotatable bonds is 4. The van der Waals surface area contributed by atoms with Gasteiger partial charge in [0.05, 0.1) is 4.90 Å². The van der Waals surface area contributed by atoms with Crippen molar-refractivity contribution in [3.63, 3.8) is 0 Å². The monoisotopic (exact) mass is 231 g/mol. The molecule has 0 fully saturated rings. The van der Waals surface area contributed by atoms with E-state index in [1.807, 2.05) is 18.2 Å². The predicted octanol–water partition coefficient (Wildman–Crippen LogP) is 2.70. The summed E-state index contributed by atoms with van der Waals surface area (Å²) >= 11 is 5.75. The summed E-state index contributed by atoms with van der Waals surface area (Å²) in [5.74, 6) is 0. The number of benzene rings is 1. The second kappa shape index (κ2) is 5.49. The summed E-state index contributed by atoms with van der Waals surface area (Å²) in [4.78, 5) is 0.804. The van der Waals surface area contributed by atoms with Gasteiger partial charge in [0.15, 0.2) is 0 Å². The maximum atomic E-state index is 11.9. The molecule has 1 unspecified atom stereocenters. The minimum Gasteiger partial charge on any atom is -0.237 e. The third kappa shape index (κ3) is 2.80. The van der Waals surface area contributed by atoms with Crippen molar-refractivity contribution in [2.45, 2.75) is 18.7 Å². The van der Waals surface area contributed by atoms with Crippen molar-refractivity contribution in [1.82, 2.24) is 4.31 Å². The summed E-state index contributed by atoms with van der Waals surface area (Å²) < 4.78 is 13.8. The Morgan fingerprint density at radius 1 is 1.21 bits per heavy atom. The third-order valence-electron chi connectivity index (χ3n) is 1.96. The fourth-order valence-corrected chi connectivity index (χ4v) is 2.42. The fraction of sp³-hybridized carbons (Fsp3) is 0.400. The van der Waals surface area contributed by atoms with Crippen molar-refractivity contribution in [3.05, 3.63) is 29.3 Å². The number of hydrogen-bond acceptors (Lipinski definition) is 1. The van der Waals surface area contributed by atoms with Crippen LogP contribution in [-0.2, 0) is 11.0 Å². The Morgan fingerprint density at radius 3 is 2.14 bits per heavy atom. The molecule has 1 rings (SSSR count). The van der Waals surface area contributed by atoms with Crippen LogP contribution < -0.4 is 0 Å². The molecule has 0 aromatic heterocycles. The van der Waals surface area contributed by atoms with Gasteiger partial charge in [0.1, 0.15) is 11.0 Å². The normalized spacial score (nSPS) is 13.1. The molecule has 0 bridgehead atoms. The molecule has 0 aliphatic heterocycles. The van der Waals surface area contributed by atoms with Gasteiger partial charge in [-0.2, -0.15) is 0 Å². The van der Waals surface area contributed by atoms with E-state index in [4.69, 9.17) is 11.6 Å². The van der Waals surface area contributed by atoms with Crippen LogP contribution in [-0.4, -0.2) is 21.6 Å². The van der Waals surface area contributed by atoms with Gasteiger partial charge in [-0.1, -0.05) is 25.4 Å². The Kier molecular flexibility index (Phi) is 4.58. The number of halogens is 1. The molecule has 0 saturated carbocycles. The minimum atomic E-state index is -1.05. The summed E-state index contributed by atoms with van der Waals surface area (Å²) in [6, 6.07) is 7.13. The second-order valence-corrected chi connectivity index (χ2v) is 4.74. The first-order valence-electron chi connectivity index (χ1n) is 4.61. The molecule has 14 heavy (non-hydrogen) atoms. The van der Waals surface area contributed by atoms with Crippen LogP contribution in [0.15, 0.2) is 29.2 Å². The molecule has 0 spiro atoms. The topological polar surface area (TPSA) is 20.3 Å². The predicted molar refractivity (Wildman–Crippen MR) is 60.8 cm³/mol. The first kappa shape index (κ1) is 11.7. The SMILES string of the molecule is CCN(CC)S(=O)c1ccc(Cl)cc1. The molecule has 0 amide bonds. The molecule has 0 saturated heterocycles. The van der Waals surface area contributed by atoms with Crippen LogP contribution in [0.25, 0.3) is 0 Å². The molecule has 0 aliphatic rings. The Balaban J connectivity index is 2.83. The van der Waals surface area contributed by atoms with E-state index in [-0.39, 0.29) is 0 Å². The van der Waals surface area contributed by atoms with E-state index in [9.17, 15) is 4.21 Å². The van der Waals surface area contributed by atoms with Gasteiger partial charge in [0.2, 0.25) is 0 Å². The lowest BCUT2D eigenvalue weighted by molar-refractivity contribution is 0.489. The lowest BCUT2D eigenvalue weighted by Gasteiger charge is -2.16. The largest absolute Gasteiger partial charge is 0.237 e. The molecular weight excluding hydrogens is 218 g/mol. The van der Waals surface area contributed by atoms with Gasteiger partial charge in [-0.25, -0.2) is 8.51 Å². The van der Waals surface area contributed by atoms with E-state index in [0.29, 0.717) is 5.02 Å². The van der Waals surface area contributed by atoms with Crippen molar-refractivity contribution in [2.75, 3.05) is 13.1 Å². The van der Waals surface area contributed by atoms with Crippen molar-refractivity contribution < 1.29 is 4.21 Å². The molecular formula is C10H14ClNOS. The lowest BCUT2D eigenvalue weighted by Crippen LogP contribution is -2.25. The van der Waals surface area contributed by atoms with E-state index in [1.165, 1.54) is 0 Å². The molecule has 1 aromatic carbocycles. The molecule has 0 aliphatic carbocycles. The van der Waals surface area contributed by atoms with Crippen LogP contribution in [0.2, 0.25) is 5.02 Å². The van der Waals surface area contributed by atoms with Gasteiger partial charge < -0.3 is 0 Å². The summed E-state index contributed by atoms with van der Waals surface area (Å²) in [6.45, 7) is 5.56. The second-order valence-electron chi connectivity index (χ2n) is 2.82. The molecule has 1 atom stereocenters. The maximum Gasteiger partial charge on any atom is 0.127 e. The first-order chi connectivity index (χ1) is 6.69. The standard InChI is InChI=1S/C10H14ClNOS/c1-3-12(4-2)14(13)10-7-5-9(11)6-8-10/h5-8H,3-4H2,1-2H3. The van der Waals surface area contributed by atoms with Crippen LogP contribution in [0.1, 0.15) is 13.8 Å². The summed E-state index contributed by atoms with van der Waals surface area (Å²) in [5.41, 5.74) is 0. The molecule has 1 aromatic rings. The van der Waals surface area contributed by atoms with Crippen molar-refractivity contribution >= 4 is 22.6 Å². The van der Waals surface area contributed by atoms with Crippen LogP contribution in [0.4, 0.5) is 0 Å². The summed E-state index contributed by atoms with van der Waals surface area (Å²) in [5, 5.41) is 0.672. The van der Waals surface area contributed by atoms with Gasteiger partial charge in [0, 0.05) is 18.1 Å². The maximum absolute atomic E-state index is 11.9. The van der Waals surface area contributed by atoms with E-state index in [0.717, 1.165) is 18.0 Å². The minimum absolute atomic E-state index is 0.672. The fourth-order valence-electron chi connectivity index (χ4n) is 1.16. The number of nitrogens with zero attached hydrogens (tertiary/aromatic N) is 1. The summed E-state index contributed by atoms with van der Waals surface area (Å²) in [6.07, 6.45) is 0. The van der Waals surface area contributed by atoms with Crippen LogP contribution in [0.3, 0.4) is 0 Å². The van der Waals surface area contributed by atoms with Gasteiger partial charge in [-0.3, -0.25) is 0 Å². The highest BCUT2D eigenvalue weighted by atomic mass is 35.5. The lowest BCUT2D eigenvalue weighted by atomic mass is 10.4. The average molecular weight is 232 g/mol. The molecule has 0 N–H and O–H groups in total. The zero-order chi connectivity index (χ0) is 10.6. The highest BCUT2D eigenvalue weighted by Crippen LogP contribution is 2.14. The van der Waals surface area contributed by atoms with E-state index in [2.05, 4.69) is 0 Å². The van der Waals surface area contributed by atoms with E-state index < -0.39 is 11.0 Å². The van der Waals surface area contributed by atoms with Crippen molar-refractivity contribution in [3.8, 4) is 0 Å². The Hall–Kier alpha value is -0.380. The Labute approximate surface area is 92.5 Å². The smallest absolute Gasteiger partial charge is 0.127 e. The zero-order valence-corrected chi connectivity index (χ0v) is 9.94. The van der Waals surface area contributed by atoms with E-state index >= 15 is 0 Å². The molecule has 78 valence electrons. The quantitative estimate of drug-likeness (QED) is 0.780. The number of hydrogen-bond donors (Lipinski definition) is 0. The molecule has 0 heterocycles. The van der Waals surface area contributed by atoms with Crippen LogP contribution in [0, 0.1) is 0 Å². The van der Waals surface area contributed by atoms with Crippen LogP contribution in [0.5, 0.6) is 0 Å². The molecule has 4 heteroatoms. The van der Waals surface area contributed by atoms with Gasteiger partial charge in [0.25, 0.3) is 0 Å². The highest BCUT2D eigenvalue weighted by Gasteiger charge is 2.10. The summed E-state index contributed by atoms with van der Waals surface area (Å²) in [7, 11) is -1.05. The van der Waals surface area contributed by atoms with Gasteiger partial charge >= 0.3 is 0 Å².